The Hall–Kier alpha value is -2.91. The first-order valence-electron chi connectivity index (χ1n) is 16.0. The van der Waals surface area contributed by atoms with Gasteiger partial charge < -0.3 is 25.6 Å². The number of nitrogens with one attached hydrogen (secondary N) is 3. The molecule has 0 radical (unpaired) electrons. The van der Waals surface area contributed by atoms with Gasteiger partial charge in [-0.25, -0.2) is 4.79 Å². The topological polar surface area (TPSA) is 134 Å². The molecular formula is C32H50N4O6. The molecule has 0 bridgehead atoms. The van der Waals surface area contributed by atoms with Crippen molar-refractivity contribution < 1.29 is 28.7 Å². The molecule has 234 valence electrons. The summed E-state index contributed by atoms with van der Waals surface area (Å²) in [4.78, 5) is 68.2. The summed E-state index contributed by atoms with van der Waals surface area (Å²) < 4.78 is 5.77. The van der Waals surface area contributed by atoms with E-state index in [0.717, 1.165) is 51.4 Å². The van der Waals surface area contributed by atoms with Gasteiger partial charge in [-0.15, -0.1) is 6.58 Å². The lowest BCUT2D eigenvalue weighted by Crippen LogP contribution is -2.59. The van der Waals surface area contributed by atoms with Crippen molar-refractivity contribution in [3.63, 3.8) is 0 Å². The minimum atomic E-state index is -0.985. The van der Waals surface area contributed by atoms with Crippen molar-refractivity contribution in [2.24, 2.45) is 29.1 Å². The van der Waals surface area contributed by atoms with E-state index in [1.54, 1.807) is 4.90 Å². The van der Waals surface area contributed by atoms with Crippen LogP contribution in [-0.4, -0.2) is 71.8 Å². The number of carbonyl (C=O) groups excluding carboxylic acids is 5. The first-order chi connectivity index (χ1) is 20.0. The maximum atomic E-state index is 14.3. The van der Waals surface area contributed by atoms with Gasteiger partial charge in [0.15, 0.2) is 0 Å². The smallest absolute Gasteiger partial charge is 0.408 e. The van der Waals surface area contributed by atoms with Crippen LogP contribution in [0.2, 0.25) is 0 Å². The summed E-state index contributed by atoms with van der Waals surface area (Å²) in [5.74, 6) is -1.82. The van der Waals surface area contributed by atoms with Crippen molar-refractivity contribution in [3.8, 4) is 0 Å². The van der Waals surface area contributed by atoms with Crippen LogP contribution in [0.1, 0.15) is 91.9 Å². The monoisotopic (exact) mass is 586 g/mol. The van der Waals surface area contributed by atoms with Crippen molar-refractivity contribution >= 4 is 29.6 Å². The van der Waals surface area contributed by atoms with E-state index >= 15 is 0 Å². The number of alkyl carbamates (subject to hydrolysis) is 1. The number of hydrogen-bond donors (Lipinski definition) is 3. The second-order valence-corrected chi connectivity index (χ2v) is 13.5. The van der Waals surface area contributed by atoms with Crippen molar-refractivity contribution in [2.45, 2.75) is 116 Å². The molecule has 4 fully saturated rings. The van der Waals surface area contributed by atoms with Gasteiger partial charge in [0.25, 0.3) is 5.91 Å². The van der Waals surface area contributed by atoms with Gasteiger partial charge in [0.1, 0.15) is 18.2 Å². The molecule has 10 heteroatoms. The van der Waals surface area contributed by atoms with Crippen LogP contribution in [0, 0.1) is 29.1 Å². The van der Waals surface area contributed by atoms with Gasteiger partial charge >= 0.3 is 6.09 Å². The molecule has 7 unspecified atom stereocenters. The molecule has 1 aliphatic heterocycles. The number of Topliss-reactive ketones (excluding diaryl/α,β-unsaturated/α-hetero) is 1. The van der Waals surface area contributed by atoms with Gasteiger partial charge in [-0.1, -0.05) is 59.5 Å². The molecule has 4 rings (SSSR count). The predicted molar refractivity (Wildman–Crippen MR) is 158 cm³/mol. The lowest BCUT2D eigenvalue weighted by atomic mass is 9.83. The van der Waals surface area contributed by atoms with Gasteiger partial charge in [-0.3, -0.25) is 19.2 Å². The maximum Gasteiger partial charge on any atom is 0.408 e. The zero-order valence-corrected chi connectivity index (χ0v) is 25.8. The second kappa shape index (κ2) is 13.6. The Morgan fingerprint density at radius 2 is 1.74 bits per heavy atom. The molecule has 3 saturated carbocycles. The van der Waals surface area contributed by atoms with Crippen molar-refractivity contribution in [3.05, 3.63) is 12.7 Å². The van der Waals surface area contributed by atoms with Gasteiger partial charge in [0.2, 0.25) is 17.6 Å². The zero-order chi connectivity index (χ0) is 30.6. The molecule has 10 nitrogen and oxygen atoms in total. The van der Waals surface area contributed by atoms with E-state index in [9.17, 15) is 24.0 Å². The van der Waals surface area contributed by atoms with Crippen LogP contribution in [0.3, 0.4) is 0 Å². The largest absolute Gasteiger partial charge is 0.446 e. The zero-order valence-electron chi connectivity index (χ0n) is 25.8. The summed E-state index contributed by atoms with van der Waals surface area (Å²) >= 11 is 0. The molecule has 0 aromatic carbocycles. The normalized spacial score (nSPS) is 29.5. The molecule has 1 heterocycles. The highest BCUT2D eigenvalue weighted by molar-refractivity contribution is 6.38. The fraction of sp³-hybridized carbons (Fsp3) is 0.781. The third-order valence-electron chi connectivity index (χ3n) is 10.3. The number of ether oxygens (including phenoxy) is 1. The molecular weight excluding hydrogens is 536 g/mol. The molecule has 1 saturated heterocycles. The standard InChI is InChI=1S/C32H50N4O6/c1-6-12-22(27(37)29(39)33-17-7-2)34-28(38)26-24-21(32(24,4)5)18-36(26)30(40)25(20-14-9-8-10-15-20)35-31(41)42-23-16-11-13-19(23)3/h7,19-26H,2,6,8-18H2,1,3-5H3,(H,33,39)(H,34,38)(H,35,41). The average Bonchev–Trinajstić information content (AvgIpc) is 3.30. The summed E-state index contributed by atoms with van der Waals surface area (Å²) in [7, 11) is 0. The van der Waals surface area contributed by atoms with Crippen LogP contribution in [0.15, 0.2) is 12.7 Å². The number of fused-ring (bicyclic) bond motifs is 1. The van der Waals surface area contributed by atoms with Gasteiger partial charge in [-0.05, 0) is 67.6 Å². The third kappa shape index (κ3) is 6.83. The molecule has 0 spiro atoms. The quantitative estimate of drug-likeness (QED) is 0.237. The average molecular weight is 587 g/mol. The lowest BCUT2D eigenvalue weighted by molar-refractivity contribution is -0.145. The number of amides is 4. The SMILES string of the molecule is C=CCNC(=O)C(=O)C(CCC)NC(=O)C1C2C(CN1C(=O)C(NC(=O)OC1CCCC1C)C1CCCCC1)C2(C)C. The summed E-state index contributed by atoms with van der Waals surface area (Å²) in [6.45, 7) is 12.3. The first kappa shape index (κ1) is 32.0. The third-order valence-corrected chi connectivity index (χ3v) is 10.3. The van der Waals surface area contributed by atoms with Gasteiger partial charge in [0, 0.05) is 13.1 Å². The number of rotatable bonds is 12. The summed E-state index contributed by atoms with van der Waals surface area (Å²) in [5.41, 5.74) is -0.129. The number of nitrogens with zero attached hydrogens (tertiary/aromatic N) is 1. The molecule has 3 N–H and O–H groups in total. The van der Waals surface area contributed by atoms with E-state index in [-0.39, 0.29) is 41.7 Å². The number of piperidine rings is 1. The summed E-state index contributed by atoms with van der Waals surface area (Å²) in [5, 5.41) is 8.26. The van der Waals surface area contributed by atoms with E-state index in [1.165, 1.54) is 6.08 Å². The number of ketones is 1. The summed E-state index contributed by atoms with van der Waals surface area (Å²) in [6.07, 6.45) is 9.25. The Morgan fingerprint density at radius 3 is 2.36 bits per heavy atom. The minimum absolute atomic E-state index is 0.0311. The van der Waals surface area contributed by atoms with E-state index in [1.807, 2.05) is 6.92 Å². The highest BCUT2D eigenvalue weighted by Gasteiger charge is 2.69. The van der Waals surface area contributed by atoms with E-state index in [0.29, 0.717) is 25.3 Å². The van der Waals surface area contributed by atoms with Gasteiger partial charge in [-0.2, -0.15) is 0 Å². The lowest BCUT2D eigenvalue weighted by Gasteiger charge is -2.37. The molecule has 0 aromatic heterocycles. The van der Waals surface area contributed by atoms with Crippen molar-refractivity contribution in [2.75, 3.05) is 13.1 Å². The molecule has 7 atom stereocenters. The fourth-order valence-corrected chi connectivity index (χ4v) is 7.65. The van der Waals surface area contributed by atoms with Crippen LogP contribution < -0.4 is 16.0 Å². The molecule has 3 aliphatic carbocycles. The van der Waals surface area contributed by atoms with Crippen LogP contribution in [0.4, 0.5) is 4.79 Å². The Balaban J connectivity index is 1.52. The Labute approximate surface area is 250 Å². The number of hydrogen-bond acceptors (Lipinski definition) is 6. The van der Waals surface area contributed by atoms with Crippen LogP contribution in [-0.2, 0) is 23.9 Å². The van der Waals surface area contributed by atoms with E-state index < -0.39 is 41.8 Å². The van der Waals surface area contributed by atoms with Crippen molar-refractivity contribution in [1.29, 1.82) is 0 Å². The first-order valence-corrected chi connectivity index (χ1v) is 16.0. The highest BCUT2D eigenvalue weighted by Crippen LogP contribution is 2.65. The fourth-order valence-electron chi connectivity index (χ4n) is 7.65. The van der Waals surface area contributed by atoms with Crippen LogP contribution >= 0.6 is 0 Å². The van der Waals surface area contributed by atoms with Crippen LogP contribution in [0.5, 0.6) is 0 Å². The number of carbonyl (C=O) groups is 5. The molecule has 4 aliphatic rings. The van der Waals surface area contributed by atoms with Crippen molar-refractivity contribution in [1.82, 2.24) is 20.9 Å². The van der Waals surface area contributed by atoms with E-state index in [4.69, 9.17) is 4.74 Å². The Kier molecular flexibility index (Phi) is 10.4. The predicted octanol–water partition coefficient (Wildman–Crippen LogP) is 3.49. The number of likely N-dealkylation sites (tertiary alicyclic amines) is 1. The van der Waals surface area contributed by atoms with E-state index in [2.05, 4.69) is 43.3 Å². The molecule has 0 aromatic rings. The maximum absolute atomic E-state index is 14.3. The molecule has 42 heavy (non-hydrogen) atoms. The highest BCUT2D eigenvalue weighted by atomic mass is 16.6. The minimum Gasteiger partial charge on any atom is -0.446 e. The Morgan fingerprint density at radius 1 is 1.02 bits per heavy atom. The Bertz CT molecular complexity index is 1050. The van der Waals surface area contributed by atoms with Crippen LogP contribution in [0.25, 0.3) is 0 Å². The molecule has 4 amide bonds. The van der Waals surface area contributed by atoms with Gasteiger partial charge in [0.05, 0.1) is 6.04 Å². The summed E-state index contributed by atoms with van der Waals surface area (Å²) in [6, 6.07) is -2.54. The second-order valence-electron chi connectivity index (χ2n) is 13.5.